The molecule has 1 amide bonds. The highest BCUT2D eigenvalue weighted by atomic mass is 35.5. The SMILES string of the molecule is CC(CCl)Oc1ccccc1O.CNC(=O)O. The minimum atomic E-state index is -0.995. The molecule has 0 aliphatic rings. The molecule has 0 bridgehead atoms. The Labute approximate surface area is 105 Å². The van der Waals surface area contributed by atoms with Gasteiger partial charge in [-0.3, -0.25) is 0 Å². The van der Waals surface area contributed by atoms with Crippen molar-refractivity contribution in [3.8, 4) is 11.5 Å². The minimum absolute atomic E-state index is 0.0834. The summed E-state index contributed by atoms with van der Waals surface area (Å²) in [5, 5.41) is 18.8. The van der Waals surface area contributed by atoms with Crippen LogP contribution >= 0.6 is 11.6 Å². The zero-order valence-corrected chi connectivity index (χ0v) is 10.4. The lowest BCUT2D eigenvalue weighted by atomic mass is 10.3. The maximum atomic E-state index is 9.29. The third-order valence-corrected chi connectivity index (χ3v) is 2.06. The van der Waals surface area contributed by atoms with Gasteiger partial charge in [0.1, 0.15) is 6.10 Å². The number of para-hydroxylation sites is 2. The highest BCUT2D eigenvalue weighted by molar-refractivity contribution is 6.18. The molecule has 0 aliphatic heterocycles. The van der Waals surface area contributed by atoms with Crippen LogP contribution in [-0.2, 0) is 0 Å². The van der Waals surface area contributed by atoms with Gasteiger partial charge in [0.2, 0.25) is 0 Å². The normalized spacial score (nSPS) is 10.8. The first-order valence-electron chi connectivity index (χ1n) is 4.92. The largest absolute Gasteiger partial charge is 0.504 e. The van der Waals surface area contributed by atoms with Crippen LogP contribution in [0.15, 0.2) is 24.3 Å². The topological polar surface area (TPSA) is 78.8 Å². The molecule has 1 aromatic carbocycles. The van der Waals surface area contributed by atoms with Gasteiger partial charge in [0.25, 0.3) is 0 Å². The van der Waals surface area contributed by atoms with E-state index in [-0.39, 0.29) is 11.9 Å². The summed E-state index contributed by atoms with van der Waals surface area (Å²) in [7, 11) is 1.35. The quantitative estimate of drug-likeness (QED) is 0.730. The van der Waals surface area contributed by atoms with Gasteiger partial charge in [0, 0.05) is 7.05 Å². The minimum Gasteiger partial charge on any atom is -0.504 e. The third-order valence-electron chi connectivity index (χ3n) is 1.62. The molecule has 3 N–H and O–H groups in total. The molecule has 5 nitrogen and oxygen atoms in total. The standard InChI is InChI=1S/C9H11ClO2.C2H5NO2/c1-7(6-10)12-9-5-3-2-4-8(9)11;1-3-2(4)5/h2-5,7,11H,6H2,1H3;3H,1H3,(H,4,5). The summed E-state index contributed by atoms with van der Waals surface area (Å²) in [5.74, 6) is 1.04. The molecule has 0 saturated carbocycles. The van der Waals surface area contributed by atoms with Gasteiger partial charge >= 0.3 is 6.09 Å². The fraction of sp³-hybridized carbons (Fsp3) is 0.364. The van der Waals surface area contributed by atoms with Crippen molar-refractivity contribution in [3.05, 3.63) is 24.3 Å². The number of hydrogen-bond donors (Lipinski definition) is 3. The molecule has 1 unspecified atom stereocenters. The summed E-state index contributed by atoms with van der Waals surface area (Å²) in [6.07, 6.45) is -1.08. The number of nitrogens with one attached hydrogen (secondary N) is 1. The van der Waals surface area contributed by atoms with Crippen molar-refractivity contribution in [1.82, 2.24) is 5.32 Å². The maximum absolute atomic E-state index is 9.29. The van der Waals surface area contributed by atoms with Crippen molar-refractivity contribution in [2.45, 2.75) is 13.0 Å². The van der Waals surface area contributed by atoms with Crippen LogP contribution in [0.3, 0.4) is 0 Å². The summed E-state index contributed by atoms with van der Waals surface area (Å²) >= 11 is 5.55. The average molecular weight is 262 g/mol. The van der Waals surface area contributed by atoms with Crippen LogP contribution in [0.5, 0.6) is 11.5 Å². The first kappa shape index (κ1) is 15.4. The van der Waals surface area contributed by atoms with Gasteiger partial charge in [-0.2, -0.15) is 0 Å². The maximum Gasteiger partial charge on any atom is 0.404 e. The second-order valence-corrected chi connectivity index (χ2v) is 3.41. The van der Waals surface area contributed by atoms with Gasteiger partial charge in [0.15, 0.2) is 11.5 Å². The van der Waals surface area contributed by atoms with Crippen molar-refractivity contribution in [2.75, 3.05) is 12.9 Å². The van der Waals surface area contributed by atoms with E-state index in [0.29, 0.717) is 11.6 Å². The van der Waals surface area contributed by atoms with E-state index in [1.54, 1.807) is 24.3 Å². The summed E-state index contributed by atoms with van der Waals surface area (Å²) in [5.41, 5.74) is 0. The second-order valence-electron chi connectivity index (χ2n) is 3.11. The van der Waals surface area contributed by atoms with E-state index in [2.05, 4.69) is 0 Å². The summed E-state index contributed by atoms with van der Waals surface area (Å²) in [6.45, 7) is 1.85. The number of carbonyl (C=O) groups is 1. The predicted octanol–water partition coefficient (Wildman–Crippen LogP) is 2.28. The van der Waals surface area contributed by atoms with E-state index in [1.807, 2.05) is 12.2 Å². The molecule has 1 rings (SSSR count). The first-order valence-corrected chi connectivity index (χ1v) is 5.46. The molecule has 0 saturated heterocycles. The molecule has 0 heterocycles. The Kier molecular flexibility index (Phi) is 7.71. The van der Waals surface area contributed by atoms with Crippen LogP contribution in [0.1, 0.15) is 6.92 Å². The molecular weight excluding hydrogens is 246 g/mol. The van der Waals surface area contributed by atoms with Crippen LogP contribution in [0, 0.1) is 0 Å². The Hall–Kier alpha value is -1.62. The van der Waals surface area contributed by atoms with Gasteiger partial charge in [-0.25, -0.2) is 4.79 Å². The number of aromatic hydroxyl groups is 1. The number of phenols is 1. The van der Waals surface area contributed by atoms with Gasteiger partial charge in [0.05, 0.1) is 5.88 Å². The lowest BCUT2D eigenvalue weighted by Crippen LogP contribution is -2.13. The van der Waals surface area contributed by atoms with Crippen molar-refractivity contribution < 1.29 is 19.7 Å². The van der Waals surface area contributed by atoms with Crippen LogP contribution in [0.2, 0.25) is 0 Å². The molecule has 96 valence electrons. The van der Waals surface area contributed by atoms with Crippen molar-refractivity contribution in [1.29, 1.82) is 0 Å². The van der Waals surface area contributed by atoms with Gasteiger partial charge in [-0.15, -0.1) is 11.6 Å². The third kappa shape index (κ3) is 7.30. The van der Waals surface area contributed by atoms with Crippen LogP contribution in [-0.4, -0.2) is 35.3 Å². The lowest BCUT2D eigenvalue weighted by molar-refractivity contribution is 0.197. The van der Waals surface area contributed by atoms with Crippen molar-refractivity contribution in [3.63, 3.8) is 0 Å². The fourth-order valence-electron chi connectivity index (χ4n) is 0.805. The number of amides is 1. The summed E-state index contributed by atoms with van der Waals surface area (Å²) in [4.78, 5) is 9.26. The Morgan fingerprint density at radius 2 is 2.06 bits per heavy atom. The van der Waals surface area contributed by atoms with E-state index in [9.17, 15) is 9.90 Å². The van der Waals surface area contributed by atoms with Crippen molar-refractivity contribution >= 4 is 17.7 Å². The molecular formula is C11H16ClNO4. The monoisotopic (exact) mass is 261 g/mol. The van der Waals surface area contributed by atoms with E-state index in [4.69, 9.17) is 21.4 Å². The number of phenolic OH excluding ortho intramolecular Hbond substituents is 1. The van der Waals surface area contributed by atoms with Crippen LogP contribution < -0.4 is 10.1 Å². The van der Waals surface area contributed by atoms with E-state index in [1.165, 1.54) is 7.05 Å². The Morgan fingerprint density at radius 3 is 2.47 bits per heavy atom. The summed E-state index contributed by atoms with van der Waals surface area (Å²) < 4.78 is 5.31. The predicted molar refractivity (Wildman–Crippen MR) is 66.0 cm³/mol. The smallest absolute Gasteiger partial charge is 0.404 e. The number of hydrogen-bond acceptors (Lipinski definition) is 3. The van der Waals surface area contributed by atoms with E-state index < -0.39 is 6.09 Å². The lowest BCUT2D eigenvalue weighted by Gasteiger charge is -2.12. The number of rotatable bonds is 3. The number of alkyl halides is 1. The average Bonchev–Trinajstić information content (AvgIpc) is 2.32. The highest BCUT2D eigenvalue weighted by Gasteiger charge is 2.04. The van der Waals surface area contributed by atoms with Gasteiger partial charge < -0.3 is 20.3 Å². The molecule has 0 radical (unpaired) electrons. The summed E-state index contributed by atoms with van der Waals surface area (Å²) in [6, 6.07) is 6.83. The Balaban J connectivity index is 0.000000437. The fourth-order valence-corrected chi connectivity index (χ4v) is 0.868. The number of benzene rings is 1. The van der Waals surface area contributed by atoms with Gasteiger partial charge in [-0.1, -0.05) is 12.1 Å². The van der Waals surface area contributed by atoms with E-state index in [0.717, 1.165) is 0 Å². The van der Waals surface area contributed by atoms with Crippen LogP contribution in [0.4, 0.5) is 4.79 Å². The van der Waals surface area contributed by atoms with Crippen molar-refractivity contribution in [2.24, 2.45) is 0 Å². The Morgan fingerprint density at radius 1 is 1.53 bits per heavy atom. The first-order chi connectivity index (χ1) is 8.01. The molecule has 6 heteroatoms. The second kappa shape index (κ2) is 8.52. The molecule has 0 spiro atoms. The van der Waals surface area contributed by atoms with Crippen LogP contribution in [0.25, 0.3) is 0 Å². The molecule has 0 aliphatic carbocycles. The molecule has 1 atom stereocenters. The number of ether oxygens (including phenoxy) is 1. The van der Waals surface area contributed by atoms with Gasteiger partial charge in [-0.05, 0) is 19.1 Å². The number of carboxylic acid groups (broad SMARTS) is 1. The molecule has 0 aromatic heterocycles. The number of halogens is 1. The zero-order valence-electron chi connectivity index (χ0n) is 9.68. The Bertz CT molecular complexity index is 346. The molecule has 0 fully saturated rings. The highest BCUT2D eigenvalue weighted by Crippen LogP contribution is 2.25. The van der Waals surface area contributed by atoms with E-state index >= 15 is 0 Å². The zero-order chi connectivity index (χ0) is 13.3. The molecule has 1 aromatic rings. The molecule has 17 heavy (non-hydrogen) atoms.